The number of hydrogen-bond acceptors (Lipinski definition) is 3. The number of hydrogen-bond donors (Lipinski definition) is 1. The van der Waals surface area contributed by atoms with Crippen LogP contribution in [-0.4, -0.2) is 23.3 Å². The van der Waals surface area contributed by atoms with Crippen LogP contribution >= 0.6 is 0 Å². The first kappa shape index (κ1) is 18.4. The maximum Gasteiger partial charge on any atom is 0.416 e. The summed E-state index contributed by atoms with van der Waals surface area (Å²) < 4.78 is 37.8. The van der Waals surface area contributed by atoms with Crippen molar-refractivity contribution in [3.63, 3.8) is 0 Å². The number of rotatable bonds is 5. The van der Waals surface area contributed by atoms with Gasteiger partial charge < -0.3 is 10.2 Å². The molecule has 2 amide bonds. The molecule has 0 bridgehead atoms. The number of pyridine rings is 1. The van der Waals surface area contributed by atoms with Gasteiger partial charge >= 0.3 is 6.18 Å². The third-order valence-corrected chi connectivity index (χ3v) is 3.43. The number of aromatic nitrogens is 1. The molecule has 5 nitrogen and oxygen atoms in total. The van der Waals surface area contributed by atoms with Crippen LogP contribution in [0.4, 0.5) is 18.9 Å². The molecule has 0 aliphatic carbocycles. The van der Waals surface area contributed by atoms with E-state index in [2.05, 4.69) is 10.3 Å². The molecule has 0 saturated heterocycles. The Morgan fingerprint density at radius 2 is 1.68 bits per heavy atom. The zero-order valence-corrected chi connectivity index (χ0v) is 13.4. The van der Waals surface area contributed by atoms with Crippen molar-refractivity contribution in [2.24, 2.45) is 0 Å². The van der Waals surface area contributed by atoms with Crippen LogP contribution in [-0.2, 0) is 22.3 Å². The first-order valence-corrected chi connectivity index (χ1v) is 7.38. The molecule has 1 aromatic heterocycles. The van der Waals surface area contributed by atoms with Crippen molar-refractivity contribution in [2.45, 2.75) is 19.6 Å². The number of anilines is 1. The number of halogens is 3. The van der Waals surface area contributed by atoms with E-state index < -0.39 is 23.6 Å². The van der Waals surface area contributed by atoms with E-state index >= 15 is 0 Å². The zero-order valence-electron chi connectivity index (χ0n) is 13.4. The summed E-state index contributed by atoms with van der Waals surface area (Å²) in [5, 5.41) is 2.65. The van der Waals surface area contributed by atoms with Crippen molar-refractivity contribution in [1.82, 2.24) is 10.3 Å². The fourth-order valence-corrected chi connectivity index (χ4v) is 2.12. The summed E-state index contributed by atoms with van der Waals surface area (Å²) in [6, 6.07) is 7.55. The van der Waals surface area contributed by atoms with Crippen LogP contribution in [0.5, 0.6) is 0 Å². The Hall–Kier alpha value is -2.90. The van der Waals surface area contributed by atoms with Crippen molar-refractivity contribution < 1.29 is 22.8 Å². The molecule has 25 heavy (non-hydrogen) atoms. The van der Waals surface area contributed by atoms with E-state index in [-0.39, 0.29) is 18.8 Å². The molecule has 0 aliphatic heterocycles. The van der Waals surface area contributed by atoms with Crippen molar-refractivity contribution in [1.29, 1.82) is 0 Å². The van der Waals surface area contributed by atoms with E-state index in [1.165, 1.54) is 19.1 Å². The summed E-state index contributed by atoms with van der Waals surface area (Å²) in [5.41, 5.74) is 0.244. The Bertz CT molecular complexity index is 731. The topological polar surface area (TPSA) is 62.3 Å². The first-order valence-electron chi connectivity index (χ1n) is 7.38. The molecule has 1 heterocycles. The van der Waals surface area contributed by atoms with Gasteiger partial charge in [0.25, 0.3) is 0 Å². The summed E-state index contributed by atoms with van der Waals surface area (Å²) in [7, 11) is 0. The fourth-order valence-electron chi connectivity index (χ4n) is 2.12. The second kappa shape index (κ2) is 7.78. The molecule has 0 saturated carbocycles. The minimum atomic E-state index is -4.46. The van der Waals surface area contributed by atoms with Gasteiger partial charge in [-0.1, -0.05) is 0 Å². The lowest BCUT2D eigenvalue weighted by atomic mass is 10.2. The Morgan fingerprint density at radius 3 is 2.20 bits per heavy atom. The van der Waals surface area contributed by atoms with E-state index in [0.717, 1.165) is 22.6 Å². The normalized spacial score (nSPS) is 11.0. The highest BCUT2D eigenvalue weighted by molar-refractivity contribution is 5.97. The molecule has 0 atom stereocenters. The molecule has 8 heteroatoms. The molecular formula is C17H16F3N3O2. The second-order valence-corrected chi connectivity index (χ2v) is 5.28. The number of nitrogens with one attached hydrogen (secondary N) is 1. The summed E-state index contributed by atoms with van der Waals surface area (Å²) in [4.78, 5) is 28.8. The van der Waals surface area contributed by atoms with Gasteiger partial charge in [0.1, 0.15) is 6.54 Å². The van der Waals surface area contributed by atoms with Gasteiger partial charge in [0.2, 0.25) is 11.8 Å². The third kappa shape index (κ3) is 5.30. The standard InChI is InChI=1S/C17H16F3N3O2/c1-12(24)23(15-4-2-14(3-5-15)17(18,19)20)11-16(25)22-10-13-6-8-21-9-7-13/h2-9H,10-11H2,1H3,(H,22,25). The quantitative estimate of drug-likeness (QED) is 0.901. The van der Waals surface area contributed by atoms with E-state index in [4.69, 9.17) is 0 Å². The SMILES string of the molecule is CC(=O)N(CC(=O)NCc1ccncc1)c1ccc(C(F)(F)F)cc1. The second-order valence-electron chi connectivity index (χ2n) is 5.28. The van der Waals surface area contributed by atoms with E-state index in [1.54, 1.807) is 24.5 Å². The smallest absolute Gasteiger partial charge is 0.350 e. The molecule has 1 aromatic carbocycles. The maximum absolute atomic E-state index is 12.6. The lowest BCUT2D eigenvalue weighted by molar-refractivity contribution is -0.137. The molecule has 1 N–H and O–H groups in total. The van der Waals surface area contributed by atoms with Crippen LogP contribution in [0.15, 0.2) is 48.8 Å². The highest BCUT2D eigenvalue weighted by Gasteiger charge is 2.30. The fraction of sp³-hybridized carbons (Fsp3) is 0.235. The Morgan fingerprint density at radius 1 is 1.08 bits per heavy atom. The minimum absolute atomic E-state index is 0.222. The minimum Gasteiger partial charge on any atom is -0.350 e. The van der Waals surface area contributed by atoms with Crippen LogP contribution in [0.3, 0.4) is 0 Å². The molecule has 0 spiro atoms. The van der Waals surface area contributed by atoms with Gasteiger partial charge in [-0.25, -0.2) is 0 Å². The van der Waals surface area contributed by atoms with Gasteiger partial charge in [-0.2, -0.15) is 13.2 Å². The molecule has 0 fully saturated rings. The van der Waals surface area contributed by atoms with Gasteiger partial charge in [0.15, 0.2) is 0 Å². The summed E-state index contributed by atoms with van der Waals surface area (Å²) in [5.74, 6) is -0.870. The van der Waals surface area contributed by atoms with Crippen LogP contribution in [0, 0.1) is 0 Å². The van der Waals surface area contributed by atoms with E-state index in [0.29, 0.717) is 0 Å². The van der Waals surface area contributed by atoms with Gasteiger partial charge in [-0.05, 0) is 42.0 Å². The van der Waals surface area contributed by atoms with E-state index in [9.17, 15) is 22.8 Å². The summed E-state index contributed by atoms with van der Waals surface area (Å²) in [6.45, 7) is 1.22. The number of nitrogens with zero attached hydrogens (tertiary/aromatic N) is 2. The highest BCUT2D eigenvalue weighted by Crippen LogP contribution is 2.30. The molecule has 2 rings (SSSR count). The molecular weight excluding hydrogens is 335 g/mol. The van der Waals surface area contributed by atoms with Crippen molar-refractivity contribution in [3.8, 4) is 0 Å². The van der Waals surface area contributed by atoms with Crippen molar-refractivity contribution in [3.05, 3.63) is 59.9 Å². The lowest BCUT2D eigenvalue weighted by Gasteiger charge is -2.21. The summed E-state index contributed by atoms with van der Waals surface area (Å²) in [6.07, 6.45) is -1.28. The monoisotopic (exact) mass is 351 g/mol. The third-order valence-electron chi connectivity index (χ3n) is 3.43. The maximum atomic E-state index is 12.6. The highest BCUT2D eigenvalue weighted by atomic mass is 19.4. The number of carbonyl (C=O) groups excluding carboxylic acids is 2. The predicted molar refractivity (Wildman–Crippen MR) is 85.6 cm³/mol. The molecule has 132 valence electrons. The average Bonchev–Trinajstić information content (AvgIpc) is 2.58. The summed E-state index contributed by atoms with van der Waals surface area (Å²) >= 11 is 0. The number of alkyl halides is 3. The van der Waals surface area contributed by atoms with Crippen LogP contribution in [0.25, 0.3) is 0 Å². The zero-order chi connectivity index (χ0) is 18.4. The van der Waals surface area contributed by atoms with Crippen LogP contribution < -0.4 is 10.2 Å². The molecule has 2 aromatic rings. The number of amides is 2. The van der Waals surface area contributed by atoms with Gasteiger partial charge in [-0.3, -0.25) is 14.6 Å². The Kier molecular flexibility index (Phi) is 5.74. The number of carbonyl (C=O) groups is 2. The molecule has 0 radical (unpaired) electrons. The van der Waals surface area contributed by atoms with Gasteiger partial charge in [-0.15, -0.1) is 0 Å². The van der Waals surface area contributed by atoms with Crippen molar-refractivity contribution >= 4 is 17.5 Å². The largest absolute Gasteiger partial charge is 0.416 e. The van der Waals surface area contributed by atoms with Crippen LogP contribution in [0.1, 0.15) is 18.1 Å². The lowest BCUT2D eigenvalue weighted by Crippen LogP contribution is -2.39. The van der Waals surface area contributed by atoms with E-state index in [1.807, 2.05) is 0 Å². The predicted octanol–water partition coefficient (Wildman–Crippen LogP) is 2.77. The Labute approximate surface area is 142 Å². The van der Waals surface area contributed by atoms with Gasteiger partial charge in [0, 0.05) is 31.5 Å². The van der Waals surface area contributed by atoms with Crippen LogP contribution in [0.2, 0.25) is 0 Å². The van der Waals surface area contributed by atoms with Gasteiger partial charge in [0.05, 0.1) is 5.56 Å². The molecule has 0 aliphatic rings. The first-order chi connectivity index (χ1) is 11.8. The Balaban J connectivity index is 2.03. The molecule has 0 unspecified atom stereocenters. The number of benzene rings is 1. The average molecular weight is 351 g/mol. The van der Waals surface area contributed by atoms with Crippen molar-refractivity contribution in [2.75, 3.05) is 11.4 Å².